The van der Waals surface area contributed by atoms with E-state index in [2.05, 4.69) is 256 Å². The fourth-order valence-corrected chi connectivity index (χ4v) is 13.8. The predicted octanol–water partition coefficient (Wildman–Crippen LogP) is 17.8. The van der Waals surface area contributed by atoms with Crippen molar-refractivity contribution in [1.29, 1.82) is 0 Å². The first-order chi connectivity index (χ1) is 35.6. The number of para-hydroxylation sites is 3. The monoisotopic (exact) mass is 982 g/mol. The lowest BCUT2D eigenvalue weighted by Crippen LogP contribution is -2.62. The maximum atomic E-state index is 6.76. The van der Waals surface area contributed by atoms with Gasteiger partial charge in [0.15, 0.2) is 0 Å². The molecule has 0 spiro atoms. The Morgan fingerprint density at radius 2 is 1.01 bits per heavy atom. The summed E-state index contributed by atoms with van der Waals surface area (Å²) in [4.78, 5) is 7.83. The van der Waals surface area contributed by atoms with Crippen molar-refractivity contribution in [3.63, 3.8) is 0 Å². The Bertz CT molecular complexity index is 3800. The molecule has 1 aromatic heterocycles. The number of hydrogen-bond acceptors (Lipinski definition) is 4. The zero-order chi connectivity index (χ0) is 52.3. The van der Waals surface area contributed by atoms with Crippen LogP contribution in [0, 0.1) is 13.8 Å². The van der Waals surface area contributed by atoms with Gasteiger partial charge in [-0.3, -0.25) is 0 Å². The van der Waals surface area contributed by atoms with E-state index < -0.39 is 0 Å². The molecule has 2 aliphatic heterocycles. The normalized spacial score (nSPS) is 17.5. The van der Waals surface area contributed by atoms with Crippen LogP contribution in [0.5, 0.6) is 0 Å². The first kappa shape index (κ1) is 47.7. The molecule has 0 radical (unpaired) electrons. The number of hydrogen-bond donors (Lipinski definition) is 0. The summed E-state index contributed by atoms with van der Waals surface area (Å²) >= 11 is 0. The van der Waals surface area contributed by atoms with Crippen LogP contribution in [-0.2, 0) is 27.1 Å². The highest BCUT2D eigenvalue weighted by atomic mass is 16.3. The van der Waals surface area contributed by atoms with E-state index in [1.54, 1.807) is 0 Å². The Balaban J connectivity index is 1.18. The van der Waals surface area contributed by atoms with Gasteiger partial charge in [-0.25, -0.2) is 0 Å². The molecule has 2 aliphatic carbocycles. The summed E-state index contributed by atoms with van der Waals surface area (Å²) in [5.41, 5.74) is 26.3. The standard InChI is InChI=1S/C70H72BN3O/c1-43-21-14-17-24-55(43)72(56-25-18-15-22-44(56)2)47-30-32-53-58(40-47)74(57-26-20-28-63-64(57)48-23-16-19-27-62(48)75-63)61-38-45(66(3,4)5)37-60-65(61)71(53)54-41-51-52(70(12,13)36-35-69(51,10)11)42-59(54)73(60)46-29-31-49-50(39-46)68(8,9)34-33-67(49,6)7/h14-32,37-42H,33-36H2,1-13H3. The Kier molecular flexibility index (Phi) is 10.3. The van der Waals surface area contributed by atoms with E-state index in [0.29, 0.717) is 0 Å². The van der Waals surface area contributed by atoms with Crippen molar-refractivity contribution in [2.24, 2.45) is 0 Å². The number of aryl methyl sites for hydroxylation is 2. The number of anilines is 9. The lowest BCUT2D eigenvalue weighted by Gasteiger charge is -2.48. The SMILES string of the molecule is Cc1ccccc1N(c1ccc2c(c1)N(c1cccc3oc4ccccc4c13)c1cc(C(C)(C)C)cc3c1B2c1cc2c(cc1N3c1ccc3c(c1)C(C)(C)CCC3(C)C)C(C)(C)CCC2(C)C)c1ccccc1C. The smallest absolute Gasteiger partial charge is 0.252 e. The molecule has 0 bridgehead atoms. The van der Waals surface area contributed by atoms with Gasteiger partial charge in [0.05, 0.1) is 11.1 Å². The highest BCUT2D eigenvalue weighted by Gasteiger charge is 2.48. The van der Waals surface area contributed by atoms with Crippen molar-refractivity contribution in [2.75, 3.05) is 14.7 Å². The van der Waals surface area contributed by atoms with Gasteiger partial charge >= 0.3 is 0 Å². The first-order valence-corrected chi connectivity index (χ1v) is 27.7. The average Bonchev–Trinajstić information content (AvgIpc) is 3.79. The number of rotatable bonds is 5. The summed E-state index contributed by atoms with van der Waals surface area (Å²) < 4.78 is 6.76. The molecule has 4 nitrogen and oxygen atoms in total. The second-order valence-corrected chi connectivity index (χ2v) is 26.4. The number of nitrogens with zero attached hydrogens (tertiary/aromatic N) is 3. The molecule has 5 heteroatoms. The average molecular weight is 982 g/mol. The lowest BCUT2D eigenvalue weighted by molar-refractivity contribution is 0.332. The zero-order valence-electron chi connectivity index (χ0n) is 46.6. The number of fused-ring (bicyclic) bond motifs is 9. The summed E-state index contributed by atoms with van der Waals surface area (Å²) in [6, 6.07) is 58.3. The quantitative estimate of drug-likeness (QED) is 0.160. The molecule has 376 valence electrons. The van der Waals surface area contributed by atoms with Crippen LogP contribution in [0.4, 0.5) is 51.2 Å². The predicted molar refractivity (Wildman–Crippen MR) is 321 cm³/mol. The first-order valence-electron chi connectivity index (χ1n) is 27.7. The van der Waals surface area contributed by atoms with Gasteiger partial charge in [0.2, 0.25) is 0 Å². The maximum absolute atomic E-state index is 6.76. The summed E-state index contributed by atoms with van der Waals surface area (Å²) in [6.45, 7) is 31.3. The molecular formula is C70H72BN3O. The van der Waals surface area contributed by atoms with Crippen LogP contribution in [0.2, 0.25) is 0 Å². The largest absolute Gasteiger partial charge is 0.456 e. The van der Waals surface area contributed by atoms with E-state index in [1.165, 1.54) is 102 Å². The van der Waals surface area contributed by atoms with E-state index in [1.807, 2.05) is 0 Å². The van der Waals surface area contributed by atoms with Crippen LogP contribution in [0.3, 0.4) is 0 Å². The van der Waals surface area contributed by atoms with Gasteiger partial charge in [0.1, 0.15) is 11.2 Å². The van der Waals surface area contributed by atoms with E-state index in [-0.39, 0.29) is 33.8 Å². The van der Waals surface area contributed by atoms with Gasteiger partial charge < -0.3 is 19.1 Å². The van der Waals surface area contributed by atoms with Crippen molar-refractivity contribution in [2.45, 2.75) is 143 Å². The van der Waals surface area contributed by atoms with E-state index in [9.17, 15) is 0 Å². The molecular weight excluding hydrogens is 910 g/mol. The van der Waals surface area contributed by atoms with Crippen LogP contribution >= 0.6 is 0 Å². The molecule has 13 rings (SSSR count). The fourth-order valence-electron chi connectivity index (χ4n) is 13.8. The molecule has 9 aromatic rings. The van der Waals surface area contributed by atoms with Crippen molar-refractivity contribution < 1.29 is 4.42 Å². The molecule has 0 saturated heterocycles. The molecule has 8 aromatic carbocycles. The Morgan fingerprint density at radius 3 is 1.65 bits per heavy atom. The molecule has 4 aliphatic rings. The molecule has 3 heterocycles. The van der Waals surface area contributed by atoms with Gasteiger partial charge in [0.25, 0.3) is 6.71 Å². The summed E-state index contributed by atoms with van der Waals surface area (Å²) in [5, 5.41) is 2.24. The number of benzene rings is 8. The maximum Gasteiger partial charge on any atom is 0.252 e. The summed E-state index contributed by atoms with van der Waals surface area (Å²) in [5.74, 6) is 0. The van der Waals surface area contributed by atoms with E-state index in [0.717, 1.165) is 52.6 Å². The minimum Gasteiger partial charge on any atom is -0.456 e. The van der Waals surface area contributed by atoms with Crippen LogP contribution in [0.1, 0.15) is 141 Å². The topological polar surface area (TPSA) is 22.9 Å². The Labute approximate surface area is 446 Å². The second-order valence-electron chi connectivity index (χ2n) is 26.4. The molecule has 0 saturated carbocycles. The highest BCUT2D eigenvalue weighted by molar-refractivity contribution is 7.00. The van der Waals surface area contributed by atoms with Gasteiger partial charge in [-0.15, -0.1) is 0 Å². The highest BCUT2D eigenvalue weighted by Crippen LogP contribution is 2.54. The molecule has 0 amide bonds. The minimum absolute atomic E-state index is 0.0122. The zero-order valence-corrected chi connectivity index (χ0v) is 46.6. The summed E-state index contributed by atoms with van der Waals surface area (Å²) in [7, 11) is 0. The van der Waals surface area contributed by atoms with Gasteiger partial charge in [-0.1, -0.05) is 155 Å². The van der Waals surface area contributed by atoms with Crippen LogP contribution in [0.25, 0.3) is 21.9 Å². The molecule has 75 heavy (non-hydrogen) atoms. The van der Waals surface area contributed by atoms with Gasteiger partial charge in [0, 0.05) is 50.9 Å². The van der Waals surface area contributed by atoms with E-state index >= 15 is 0 Å². The summed E-state index contributed by atoms with van der Waals surface area (Å²) in [6.07, 6.45) is 4.64. The van der Waals surface area contributed by atoms with Gasteiger partial charge in [-0.2, -0.15) is 0 Å². The number of furan rings is 1. The van der Waals surface area contributed by atoms with Crippen molar-refractivity contribution in [3.8, 4) is 0 Å². The van der Waals surface area contributed by atoms with E-state index in [4.69, 9.17) is 4.42 Å². The third-order valence-electron chi connectivity index (χ3n) is 18.6. The van der Waals surface area contributed by atoms with Crippen LogP contribution < -0.4 is 31.1 Å². The second kappa shape index (κ2) is 16.3. The lowest BCUT2D eigenvalue weighted by atomic mass is 9.33. The van der Waals surface area contributed by atoms with Crippen molar-refractivity contribution in [1.82, 2.24) is 0 Å². The van der Waals surface area contributed by atoms with Crippen LogP contribution in [0.15, 0.2) is 156 Å². The Hall–Kier alpha value is -6.98. The van der Waals surface area contributed by atoms with Crippen LogP contribution in [-0.4, -0.2) is 6.71 Å². The Morgan fingerprint density at radius 1 is 0.467 bits per heavy atom. The van der Waals surface area contributed by atoms with Gasteiger partial charge in [-0.05, 0) is 195 Å². The molecule has 0 fully saturated rings. The van der Waals surface area contributed by atoms with Crippen molar-refractivity contribution in [3.05, 3.63) is 191 Å². The fraction of sp³-hybridized carbons (Fsp3) is 0.314. The van der Waals surface area contributed by atoms with Crippen molar-refractivity contribution >= 4 is 96.2 Å². The third kappa shape index (κ3) is 7.23. The molecule has 0 unspecified atom stereocenters. The minimum atomic E-state index is -0.175. The molecule has 0 N–H and O–H groups in total. The molecule has 0 atom stereocenters. The third-order valence-corrected chi connectivity index (χ3v) is 18.6.